The number of H-pyrrole nitrogens is 1. The predicted molar refractivity (Wildman–Crippen MR) is 91.7 cm³/mol. The van der Waals surface area contributed by atoms with Crippen LogP contribution in [0, 0.1) is 0 Å². The second-order valence-corrected chi connectivity index (χ2v) is 5.43. The minimum atomic E-state index is 0.438. The lowest BCUT2D eigenvalue weighted by atomic mass is 10.1. The molecule has 0 atom stereocenters. The number of hydrogen-bond acceptors (Lipinski definition) is 4. The van der Waals surface area contributed by atoms with Gasteiger partial charge in [0, 0.05) is 13.0 Å². The summed E-state index contributed by atoms with van der Waals surface area (Å²) in [6.07, 6.45) is 0.682. The molecule has 5 nitrogen and oxygen atoms in total. The van der Waals surface area contributed by atoms with E-state index in [1.165, 1.54) is 0 Å². The van der Waals surface area contributed by atoms with Crippen LogP contribution in [0.2, 0.25) is 0 Å². The van der Waals surface area contributed by atoms with Crippen LogP contribution in [-0.2, 0) is 24.4 Å². The molecule has 0 aliphatic carbocycles. The van der Waals surface area contributed by atoms with Crippen molar-refractivity contribution in [3.05, 3.63) is 77.4 Å². The Balaban J connectivity index is 1.59. The van der Waals surface area contributed by atoms with Crippen LogP contribution in [-0.4, -0.2) is 21.8 Å². The Morgan fingerprint density at radius 1 is 0.958 bits per heavy atom. The quantitative estimate of drug-likeness (QED) is 0.689. The van der Waals surface area contributed by atoms with Crippen LogP contribution in [0.5, 0.6) is 5.75 Å². The van der Waals surface area contributed by atoms with Crippen LogP contribution < -0.4 is 4.74 Å². The summed E-state index contributed by atoms with van der Waals surface area (Å²) in [4.78, 5) is 4.43. The van der Waals surface area contributed by atoms with E-state index in [0.717, 1.165) is 22.7 Å². The van der Waals surface area contributed by atoms with Gasteiger partial charge in [0.2, 0.25) is 0 Å². The molecule has 0 aliphatic rings. The zero-order valence-electron chi connectivity index (χ0n) is 13.7. The van der Waals surface area contributed by atoms with Gasteiger partial charge in [-0.3, -0.25) is 5.10 Å². The molecule has 5 heteroatoms. The maximum absolute atomic E-state index is 5.86. The van der Waals surface area contributed by atoms with Crippen LogP contribution in [0.25, 0.3) is 0 Å². The maximum atomic E-state index is 5.86. The summed E-state index contributed by atoms with van der Waals surface area (Å²) >= 11 is 0. The van der Waals surface area contributed by atoms with E-state index in [2.05, 4.69) is 33.4 Å². The molecule has 24 heavy (non-hydrogen) atoms. The van der Waals surface area contributed by atoms with E-state index >= 15 is 0 Å². The number of nitrogens with zero attached hydrogens (tertiary/aromatic N) is 2. The van der Waals surface area contributed by atoms with E-state index < -0.39 is 0 Å². The van der Waals surface area contributed by atoms with Gasteiger partial charge in [0.25, 0.3) is 0 Å². The van der Waals surface area contributed by atoms with Crippen LogP contribution in [0.15, 0.2) is 54.6 Å². The van der Waals surface area contributed by atoms with Crippen molar-refractivity contribution in [2.45, 2.75) is 26.6 Å². The number of aromatic amines is 1. The molecule has 1 heterocycles. The van der Waals surface area contributed by atoms with E-state index in [1.54, 1.807) is 0 Å². The van der Waals surface area contributed by atoms with Crippen molar-refractivity contribution in [3.8, 4) is 5.75 Å². The van der Waals surface area contributed by atoms with Crippen LogP contribution >= 0.6 is 0 Å². The second-order valence-electron chi connectivity index (χ2n) is 5.43. The number of benzene rings is 2. The third kappa shape index (κ3) is 4.67. The van der Waals surface area contributed by atoms with Gasteiger partial charge in [-0.25, -0.2) is 4.98 Å². The lowest BCUT2D eigenvalue weighted by Crippen LogP contribution is -1.97. The molecule has 0 fully saturated rings. The summed E-state index contributed by atoms with van der Waals surface area (Å²) in [5, 5.41) is 7.11. The van der Waals surface area contributed by atoms with Crippen molar-refractivity contribution in [1.82, 2.24) is 15.2 Å². The SMILES string of the molecule is CCOCc1n[nH]c(Cc2cccc(OCc3ccccc3)c2)n1. The number of hydrogen-bond donors (Lipinski definition) is 1. The first kappa shape index (κ1) is 16.2. The summed E-state index contributed by atoms with van der Waals surface area (Å²) in [7, 11) is 0. The van der Waals surface area contributed by atoms with Crippen molar-refractivity contribution >= 4 is 0 Å². The highest BCUT2D eigenvalue weighted by Gasteiger charge is 2.05. The third-order valence-corrected chi connectivity index (χ3v) is 3.53. The lowest BCUT2D eigenvalue weighted by molar-refractivity contribution is 0.128. The molecule has 1 N–H and O–H groups in total. The molecule has 3 aromatic rings. The van der Waals surface area contributed by atoms with Gasteiger partial charge in [0.05, 0.1) is 0 Å². The molecular formula is C19H21N3O2. The van der Waals surface area contributed by atoms with Gasteiger partial charge in [0.15, 0.2) is 5.82 Å². The van der Waals surface area contributed by atoms with Gasteiger partial charge in [-0.05, 0) is 30.2 Å². The first-order valence-corrected chi connectivity index (χ1v) is 8.07. The Kier molecular flexibility index (Phi) is 5.58. The van der Waals surface area contributed by atoms with Gasteiger partial charge < -0.3 is 9.47 Å². The molecule has 0 unspecified atom stereocenters. The summed E-state index contributed by atoms with van der Waals surface area (Å²) in [5.74, 6) is 2.36. The molecule has 0 radical (unpaired) electrons. The molecular weight excluding hydrogens is 302 g/mol. The Morgan fingerprint density at radius 2 is 1.79 bits per heavy atom. The van der Waals surface area contributed by atoms with Crippen molar-refractivity contribution in [2.24, 2.45) is 0 Å². The molecule has 1 aromatic heterocycles. The van der Waals surface area contributed by atoms with Crippen molar-refractivity contribution in [3.63, 3.8) is 0 Å². The number of nitrogens with one attached hydrogen (secondary N) is 1. The van der Waals surface area contributed by atoms with E-state index in [1.807, 2.05) is 43.3 Å². The minimum Gasteiger partial charge on any atom is -0.489 e. The summed E-state index contributed by atoms with van der Waals surface area (Å²) in [6, 6.07) is 18.2. The van der Waals surface area contributed by atoms with Crippen molar-refractivity contribution in [2.75, 3.05) is 6.61 Å². The van der Waals surface area contributed by atoms with Gasteiger partial charge in [-0.1, -0.05) is 42.5 Å². The molecule has 124 valence electrons. The molecule has 3 rings (SSSR count). The monoisotopic (exact) mass is 323 g/mol. The van der Waals surface area contributed by atoms with E-state index in [9.17, 15) is 0 Å². The smallest absolute Gasteiger partial charge is 0.176 e. The molecule has 0 saturated heterocycles. The van der Waals surface area contributed by atoms with E-state index in [0.29, 0.717) is 32.1 Å². The Labute approximate surface area is 141 Å². The first-order valence-electron chi connectivity index (χ1n) is 8.07. The van der Waals surface area contributed by atoms with Crippen LogP contribution in [0.4, 0.5) is 0 Å². The molecule has 0 spiro atoms. The number of ether oxygens (including phenoxy) is 2. The van der Waals surface area contributed by atoms with Crippen LogP contribution in [0.3, 0.4) is 0 Å². The van der Waals surface area contributed by atoms with Gasteiger partial charge in [-0.2, -0.15) is 5.10 Å². The lowest BCUT2D eigenvalue weighted by Gasteiger charge is -2.07. The van der Waals surface area contributed by atoms with Gasteiger partial charge >= 0.3 is 0 Å². The maximum Gasteiger partial charge on any atom is 0.176 e. The van der Waals surface area contributed by atoms with E-state index in [-0.39, 0.29) is 0 Å². The Morgan fingerprint density at radius 3 is 2.62 bits per heavy atom. The summed E-state index contributed by atoms with van der Waals surface area (Å²) in [5.41, 5.74) is 2.28. The second kappa shape index (κ2) is 8.26. The molecule has 0 aliphatic heterocycles. The van der Waals surface area contributed by atoms with Crippen molar-refractivity contribution in [1.29, 1.82) is 0 Å². The average molecular weight is 323 g/mol. The minimum absolute atomic E-state index is 0.438. The fourth-order valence-electron chi connectivity index (χ4n) is 2.35. The Hall–Kier alpha value is -2.66. The fourth-order valence-corrected chi connectivity index (χ4v) is 2.35. The summed E-state index contributed by atoms with van der Waals surface area (Å²) in [6.45, 7) is 3.61. The van der Waals surface area contributed by atoms with Gasteiger partial charge in [-0.15, -0.1) is 0 Å². The normalized spacial score (nSPS) is 10.7. The highest BCUT2D eigenvalue weighted by atomic mass is 16.5. The standard InChI is InChI=1S/C19H21N3O2/c1-2-23-14-19-20-18(21-22-19)12-16-9-6-10-17(11-16)24-13-15-7-4-3-5-8-15/h3-11H,2,12-14H2,1H3,(H,20,21,22). The third-order valence-electron chi connectivity index (χ3n) is 3.53. The van der Waals surface area contributed by atoms with E-state index in [4.69, 9.17) is 9.47 Å². The topological polar surface area (TPSA) is 60.0 Å². The summed E-state index contributed by atoms with van der Waals surface area (Å²) < 4.78 is 11.2. The zero-order valence-corrected chi connectivity index (χ0v) is 13.7. The van der Waals surface area contributed by atoms with Crippen LogP contribution in [0.1, 0.15) is 29.7 Å². The Bertz CT molecular complexity index is 756. The fraction of sp³-hybridized carbons (Fsp3) is 0.263. The molecule has 2 aromatic carbocycles. The highest BCUT2D eigenvalue weighted by molar-refractivity contribution is 5.30. The highest BCUT2D eigenvalue weighted by Crippen LogP contribution is 2.17. The molecule has 0 bridgehead atoms. The number of rotatable bonds is 8. The molecule has 0 saturated carbocycles. The average Bonchev–Trinajstić information content (AvgIpc) is 3.07. The van der Waals surface area contributed by atoms with Crippen molar-refractivity contribution < 1.29 is 9.47 Å². The first-order chi connectivity index (χ1) is 11.8. The predicted octanol–water partition coefficient (Wildman–Crippen LogP) is 3.51. The molecule has 0 amide bonds. The zero-order chi connectivity index (χ0) is 16.6. The largest absolute Gasteiger partial charge is 0.489 e. The number of aromatic nitrogens is 3. The van der Waals surface area contributed by atoms with Gasteiger partial charge in [0.1, 0.15) is 24.8 Å².